The predicted octanol–water partition coefficient (Wildman–Crippen LogP) is 6.05. The van der Waals surface area contributed by atoms with Crippen LogP contribution in [0.25, 0.3) is 16.3 Å². The number of rotatable bonds is 6. The number of piperazine rings is 1. The van der Waals surface area contributed by atoms with Crippen molar-refractivity contribution < 1.29 is 13.9 Å². The minimum absolute atomic E-state index is 0.0141. The fourth-order valence-corrected chi connectivity index (χ4v) is 7.57. The summed E-state index contributed by atoms with van der Waals surface area (Å²) in [5, 5.41) is 21.9. The van der Waals surface area contributed by atoms with E-state index in [9.17, 15) is 19.7 Å². The average Bonchev–Trinajstić information content (AvgIpc) is 3.48. The first-order chi connectivity index (χ1) is 22.2. The minimum Gasteiger partial charge on any atom is -0.475 e. The molecule has 0 aromatic heterocycles. The van der Waals surface area contributed by atoms with Crippen molar-refractivity contribution in [3.05, 3.63) is 87.8 Å². The van der Waals surface area contributed by atoms with E-state index in [0.29, 0.717) is 59.1 Å². The first kappa shape index (κ1) is 31.8. The van der Waals surface area contributed by atoms with E-state index in [1.165, 1.54) is 12.1 Å². The molecule has 0 spiro atoms. The van der Waals surface area contributed by atoms with Crippen molar-refractivity contribution in [3.8, 4) is 12.1 Å². The first-order valence-corrected chi connectivity index (χ1v) is 16.1. The van der Waals surface area contributed by atoms with Crippen LogP contribution in [0.4, 0.5) is 4.39 Å². The number of carbonyl (C=O) groups is 1. The molecule has 4 atom stereocenters. The van der Waals surface area contributed by atoms with Crippen molar-refractivity contribution in [3.63, 3.8) is 0 Å². The minimum atomic E-state index is -0.524. The summed E-state index contributed by atoms with van der Waals surface area (Å²) in [6.07, 6.45) is 7.27. The van der Waals surface area contributed by atoms with Crippen molar-refractivity contribution in [1.82, 2.24) is 14.7 Å². The quantitative estimate of drug-likeness (QED) is 0.351. The maximum atomic E-state index is 14.6. The number of benzene rings is 2. The van der Waals surface area contributed by atoms with Crippen LogP contribution in [-0.4, -0.2) is 84.5 Å². The molecular weight excluding hydrogens is 626 g/mol. The van der Waals surface area contributed by atoms with Crippen LogP contribution < -0.4 is 0 Å². The molecule has 3 aliphatic heterocycles. The molecule has 1 amide bonds. The molecule has 2 aromatic rings. The number of nitrogens with zero attached hydrogens (tertiary/aromatic N) is 6. The summed E-state index contributed by atoms with van der Waals surface area (Å²) in [6, 6.07) is 12.5. The lowest BCUT2D eigenvalue weighted by molar-refractivity contribution is -0.130. The Labute approximate surface area is 277 Å². The summed E-state index contributed by atoms with van der Waals surface area (Å²) >= 11 is 13.5. The number of ether oxygens (including phenoxy) is 1. The van der Waals surface area contributed by atoms with Crippen LogP contribution in [0.5, 0.6) is 0 Å². The van der Waals surface area contributed by atoms with Gasteiger partial charge in [-0.15, -0.1) is 0 Å². The number of fused-ring (bicyclic) bond motifs is 2. The Bertz CT molecular complexity index is 1800. The average molecular weight is 660 g/mol. The molecule has 2 fully saturated rings. The fraction of sp³-hybridized carbons (Fsp3) is 0.371. The Balaban J connectivity index is 1.43. The molecular formula is C35H33Cl2FN6O2. The molecule has 46 heavy (non-hydrogen) atoms. The van der Waals surface area contributed by atoms with Gasteiger partial charge in [0, 0.05) is 47.7 Å². The van der Waals surface area contributed by atoms with Gasteiger partial charge in [-0.05, 0) is 61.2 Å². The van der Waals surface area contributed by atoms with Gasteiger partial charge in [0.2, 0.25) is 11.8 Å². The molecule has 6 rings (SSSR count). The second-order valence-electron chi connectivity index (χ2n) is 12.0. The van der Waals surface area contributed by atoms with E-state index in [0.717, 1.165) is 24.8 Å². The maximum absolute atomic E-state index is 14.6. The summed E-state index contributed by atoms with van der Waals surface area (Å²) in [5.41, 5.74) is 2.34. The number of likely N-dealkylation sites (tertiary alicyclic amines) is 1. The van der Waals surface area contributed by atoms with Gasteiger partial charge in [-0.3, -0.25) is 4.79 Å². The molecule has 4 aliphatic rings. The number of hydrogen-bond acceptors (Lipinski definition) is 7. The molecule has 0 saturated carbocycles. The third kappa shape index (κ3) is 5.80. The Hall–Kier alpha value is -4.15. The van der Waals surface area contributed by atoms with Crippen molar-refractivity contribution in [1.29, 1.82) is 10.5 Å². The summed E-state index contributed by atoms with van der Waals surface area (Å²) < 4.78 is 21.0. The Morgan fingerprint density at radius 2 is 2.00 bits per heavy atom. The summed E-state index contributed by atoms with van der Waals surface area (Å²) in [4.78, 5) is 23.6. The number of hydrogen-bond donors (Lipinski definition) is 0. The predicted molar refractivity (Wildman–Crippen MR) is 177 cm³/mol. The summed E-state index contributed by atoms with van der Waals surface area (Å²) in [7, 11) is 2.06. The maximum Gasteiger partial charge on any atom is 0.246 e. The van der Waals surface area contributed by atoms with Crippen LogP contribution in [0.3, 0.4) is 0 Å². The number of amides is 1. The molecule has 236 valence electrons. The van der Waals surface area contributed by atoms with Gasteiger partial charge in [0.1, 0.15) is 24.1 Å². The van der Waals surface area contributed by atoms with Crippen LogP contribution >= 0.6 is 23.2 Å². The van der Waals surface area contributed by atoms with Gasteiger partial charge in [0.25, 0.3) is 0 Å². The lowest BCUT2D eigenvalue weighted by Crippen LogP contribution is -2.55. The third-order valence-electron chi connectivity index (χ3n) is 9.37. The first-order valence-electron chi connectivity index (χ1n) is 15.3. The lowest BCUT2D eigenvalue weighted by Gasteiger charge is -2.45. The molecule has 0 N–H and O–H groups in total. The molecule has 8 nitrogen and oxygen atoms in total. The van der Waals surface area contributed by atoms with Gasteiger partial charge in [-0.25, -0.2) is 9.38 Å². The SMILES string of the molecule is C=CC(=O)N1CCN(C2=C(C#N)C(OC[C@@H]3CCCN3C)=NC3C=C(c4cccc5ccc(F)c(Cl)c45)C(Cl)=CC23)C[C@@H]1CC#N. The number of likely N-dealkylation sites (N-methyl/N-ethyl adjacent to an activating group) is 1. The number of halogens is 3. The fourth-order valence-electron chi connectivity index (χ4n) is 7.00. The summed E-state index contributed by atoms with van der Waals surface area (Å²) in [6.45, 7) is 6.12. The van der Waals surface area contributed by atoms with Gasteiger partial charge in [-0.2, -0.15) is 10.5 Å². The Morgan fingerprint density at radius 1 is 1.17 bits per heavy atom. The highest BCUT2D eigenvalue weighted by Gasteiger charge is 2.41. The van der Waals surface area contributed by atoms with Gasteiger partial charge in [0.05, 0.1) is 29.6 Å². The van der Waals surface area contributed by atoms with E-state index in [1.807, 2.05) is 30.4 Å². The molecule has 2 aromatic carbocycles. The van der Waals surface area contributed by atoms with Gasteiger partial charge >= 0.3 is 0 Å². The van der Waals surface area contributed by atoms with Gasteiger partial charge in [0.15, 0.2) is 0 Å². The highest BCUT2D eigenvalue weighted by atomic mass is 35.5. The zero-order valence-corrected chi connectivity index (χ0v) is 26.9. The van der Waals surface area contributed by atoms with Crippen LogP contribution in [0, 0.1) is 34.4 Å². The Morgan fingerprint density at radius 3 is 2.72 bits per heavy atom. The van der Waals surface area contributed by atoms with Crippen molar-refractivity contribution in [2.45, 2.75) is 37.4 Å². The van der Waals surface area contributed by atoms with E-state index in [-0.39, 0.29) is 29.3 Å². The highest BCUT2D eigenvalue weighted by Crippen LogP contribution is 2.44. The zero-order valence-electron chi connectivity index (χ0n) is 25.4. The molecule has 2 unspecified atom stereocenters. The second kappa shape index (κ2) is 13.3. The Kier molecular flexibility index (Phi) is 9.20. The van der Waals surface area contributed by atoms with E-state index in [4.69, 9.17) is 32.9 Å². The number of carbonyl (C=O) groups excluding carboxylic acids is 1. The van der Waals surface area contributed by atoms with Crippen LogP contribution in [0.2, 0.25) is 5.02 Å². The van der Waals surface area contributed by atoms with E-state index in [2.05, 4.69) is 35.6 Å². The van der Waals surface area contributed by atoms with Crippen LogP contribution in [0.1, 0.15) is 24.8 Å². The number of allylic oxidation sites excluding steroid dienone is 2. The molecule has 0 radical (unpaired) electrons. The topological polar surface area (TPSA) is 96.0 Å². The number of nitriles is 2. The third-order valence-corrected chi connectivity index (χ3v) is 10.1. The van der Waals surface area contributed by atoms with E-state index in [1.54, 1.807) is 11.0 Å². The molecule has 0 bridgehead atoms. The van der Waals surface area contributed by atoms with Gasteiger partial charge in [-0.1, -0.05) is 60.1 Å². The molecule has 2 saturated heterocycles. The van der Waals surface area contributed by atoms with E-state index < -0.39 is 23.8 Å². The monoisotopic (exact) mass is 658 g/mol. The lowest BCUT2D eigenvalue weighted by atomic mass is 9.82. The van der Waals surface area contributed by atoms with Crippen molar-refractivity contribution >= 4 is 51.4 Å². The standard InChI is InChI=1S/C35H33Cl2FN6O2/c1-3-31(45)44-15-14-43(19-22(44)11-12-39)34-26-16-28(36)25(24-8-4-6-21-9-10-29(38)33(37)32(21)24)17-30(26)41-35(27(34)18-40)46-20-23-7-5-13-42(23)2/h3-4,6,8-10,16-17,22-23,26,30H,1,5,7,11,13-15,19-20H2,2H3/t22-,23-,26?,30?/m0/s1. The van der Waals surface area contributed by atoms with Gasteiger partial charge < -0.3 is 19.4 Å². The second-order valence-corrected chi connectivity index (χ2v) is 12.8. The largest absolute Gasteiger partial charge is 0.475 e. The number of dihydropyridines is 1. The van der Waals surface area contributed by atoms with Crippen molar-refractivity contribution in [2.75, 3.05) is 39.8 Å². The van der Waals surface area contributed by atoms with Crippen molar-refractivity contribution in [2.24, 2.45) is 10.9 Å². The van der Waals surface area contributed by atoms with E-state index >= 15 is 0 Å². The smallest absolute Gasteiger partial charge is 0.246 e. The molecule has 11 heteroatoms. The zero-order chi connectivity index (χ0) is 32.5. The number of aliphatic imine (C=N–C) groups is 1. The van der Waals surface area contributed by atoms with Crippen LogP contribution in [0.15, 0.2) is 76.4 Å². The normalized spacial score (nSPS) is 24.9. The highest BCUT2D eigenvalue weighted by molar-refractivity contribution is 6.40. The summed E-state index contributed by atoms with van der Waals surface area (Å²) in [5.74, 6) is -0.923. The van der Waals surface area contributed by atoms with Crippen LogP contribution in [-0.2, 0) is 9.53 Å². The molecule has 1 aliphatic carbocycles. The molecule has 3 heterocycles.